The largest absolute Gasteiger partial charge is 0.489 e. The van der Waals surface area contributed by atoms with E-state index in [0.29, 0.717) is 12.3 Å². The van der Waals surface area contributed by atoms with Gasteiger partial charge < -0.3 is 4.74 Å². The van der Waals surface area contributed by atoms with Crippen LogP contribution in [0, 0.1) is 20.8 Å². The van der Waals surface area contributed by atoms with E-state index >= 15 is 0 Å². The van der Waals surface area contributed by atoms with Gasteiger partial charge in [0.2, 0.25) is 0 Å². The fourth-order valence-electron chi connectivity index (χ4n) is 3.15. The Kier molecular flexibility index (Phi) is 5.02. The van der Waals surface area contributed by atoms with Gasteiger partial charge in [-0.2, -0.15) is 9.36 Å². The molecule has 0 aliphatic rings. The molecule has 0 aliphatic carbocycles. The maximum Gasteiger partial charge on any atom is 0.368 e. The van der Waals surface area contributed by atoms with E-state index in [4.69, 9.17) is 4.74 Å². The van der Waals surface area contributed by atoms with Crippen molar-refractivity contribution in [2.75, 3.05) is 0 Å². The third-order valence-electron chi connectivity index (χ3n) is 4.80. The number of aryl methyl sites for hydroxylation is 4. The van der Waals surface area contributed by atoms with Gasteiger partial charge in [0.05, 0.1) is 16.4 Å². The number of tetrazole rings is 1. The molecule has 0 bridgehead atoms. The van der Waals surface area contributed by atoms with Gasteiger partial charge in [0.1, 0.15) is 12.4 Å². The summed E-state index contributed by atoms with van der Waals surface area (Å²) in [5.41, 5.74) is 5.37. The summed E-state index contributed by atoms with van der Waals surface area (Å²) in [6, 6.07) is 11.8. The Hall–Kier alpha value is -3.26. The molecule has 0 amide bonds. The van der Waals surface area contributed by atoms with E-state index in [2.05, 4.69) is 26.9 Å². The summed E-state index contributed by atoms with van der Waals surface area (Å²) in [6.45, 7) is 6.33. The van der Waals surface area contributed by atoms with Crippen LogP contribution in [0.15, 0.2) is 46.6 Å². The van der Waals surface area contributed by atoms with E-state index in [1.165, 1.54) is 9.36 Å². The van der Waals surface area contributed by atoms with Gasteiger partial charge >= 0.3 is 5.69 Å². The molecular weight excluding hydrogens is 386 g/mol. The Morgan fingerprint density at radius 1 is 1.07 bits per heavy atom. The van der Waals surface area contributed by atoms with Crippen molar-refractivity contribution in [1.82, 2.24) is 24.8 Å². The second kappa shape index (κ2) is 7.63. The Morgan fingerprint density at radius 3 is 2.55 bits per heavy atom. The summed E-state index contributed by atoms with van der Waals surface area (Å²) in [5, 5.41) is 10.9. The number of aromatic nitrogens is 5. The van der Waals surface area contributed by atoms with Crippen LogP contribution in [0.25, 0.3) is 16.9 Å². The highest BCUT2D eigenvalue weighted by molar-refractivity contribution is 7.09. The number of hydrogen-bond acceptors (Lipinski definition) is 6. The lowest BCUT2D eigenvalue weighted by Gasteiger charge is -2.14. The molecule has 29 heavy (non-hydrogen) atoms. The third-order valence-corrected chi connectivity index (χ3v) is 5.57. The van der Waals surface area contributed by atoms with Crippen LogP contribution in [0.3, 0.4) is 0 Å². The molecule has 0 fully saturated rings. The molecule has 0 saturated heterocycles. The Labute approximate surface area is 172 Å². The number of ether oxygens (including phenoxy) is 1. The molecular formula is C21H21N5O2S. The maximum absolute atomic E-state index is 12.3. The standard InChI is InChI=1S/C21H21N5O2S/c1-13-6-5-7-19(26-21(27)25(4)23-24-26)17(13)11-28-20-9-8-16(10-14(20)2)18-12-29-15(3)22-18/h5-10,12H,11H2,1-4H3. The van der Waals surface area contributed by atoms with Crippen molar-refractivity contribution < 1.29 is 4.74 Å². The van der Waals surface area contributed by atoms with E-state index in [1.807, 2.05) is 51.1 Å². The molecule has 4 aromatic rings. The zero-order valence-corrected chi connectivity index (χ0v) is 17.5. The van der Waals surface area contributed by atoms with E-state index in [9.17, 15) is 4.79 Å². The first-order chi connectivity index (χ1) is 13.9. The van der Waals surface area contributed by atoms with Gasteiger partial charge in [-0.05, 0) is 66.6 Å². The van der Waals surface area contributed by atoms with Crippen molar-refractivity contribution in [2.45, 2.75) is 27.4 Å². The monoisotopic (exact) mass is 407 g/mol. The first kappa shape index (κ1) is 19.1. The fraction of sp³-hybridized carbons (Fsp3) is 0.238. The summed E-state index contributed by atoms with van der Waals surface area (Å²) in [5.74, 6) is 0.793. The van der Waals surface area contributed by atoms with Gasteiger partial charge in [0.15, 0.2) is 0 Å². The number of thiazole rings is 1. The average molecular weight is 407 g/mol. The van der Waals surface area contributed by atoms with Crippen LogP contribution in [0.5, 0.6) is 5.75 Å². The van der Waals surface area contributed by atoms with E-state index < -0.39 is 0 Å². The number of rotatable bonds is 5. The molecule has 2 heterocycles. The maximum atomic E-state index is 12.3. The number of nitrogens with zero attached hydrogens (tertiary/aromatic N) is 5. The molecule has 2 aromatic carbocycles. The Bertz CT molecular complexity index is 1240. The molecule has 0 spiro atoms. The summed E-state index contributed by atoms with van der Waals surface area (Å²) in [7, 11) is 1.58. The summed E-state index contributed by atoms with van der Waals surface area (Å²) in [4.78, 5) is 16.8. The first-order valence-electron chi connectivity index (χ1n) is 9.18. The van der Waals surface area contributed by atoms with Crippen LogP contribution in [0.2, 0.25) is 0 Å². The SMILES string of the molecule is Cc1nc(-c2ccc(OCc3c(C)cccc3-n3nnn(C)c3=O)c(C)c2)cs1. The smallest absolute Gasteiger partial charge is 0.368 e. The van der Waals surface area contributed by atoms with Crippen molar-refractivity contribution >= 4 is 11.3 Å². The molecule has 8 heteroatoms. The van der Waals surface area contributed by atoms with Gasteiger partial charge in [0.25, 0.3) is 0 Å². The molecule has 0 saturated carbocycles. The lowest BCUT2D eigenvalue weighted by atomic mass is 10.1. The molecule has 4 rings (SSSR count). The molecule has 0 aliphatic heterocycles. The highest BCUT2D eigenvalue weighted by Crippen LogP contribution is 2.28. The minimum atomic E-state index is -0.295. The summed E-state index contributed by atoms with van der Waals surface area (Å²) < 4.78 is 8.62. The molecule has 0 radical (unpaired) electrons. The zero-order chi connectivity index (χ0) is 20.5. The van der Waals surface area contributed by atoms with Crippen LogP contribution in [0.1, 0.15) is 21.7 Å². The molecule has 0 atom stereocenters. The quantitative estimate of drug-likeness (QED) is 0.505. The van der Waals surface area contributed by atoms with Crippen molar-refractivity contribution in [1.29, 1.82) is 0 Å². The third kappa shape index (κ3) is 3.71. The highest BCUT2D eigenvalue weighted by atomic mass is 32.1. The Balaban J connectivity index is 1.61. The topological polar surface area (TPSA) is 74.8 Å². The molecule has 2 aromatic heterocycles. The van der Waals surface area contributed by atoms with Gasteiger partial charge in [-0.15, -0.1) is 11.3 Å². The zero-order valence-electron chi connectivity index (χ0n) is 16.7. The van der Waals surface area contributed by atoms with Crippen LogP contribution < -0.4 is 10.4 Å². The van der Waals surface area contributed by atoms with Crippen LogP contribution in [0.4, 0.5) is 0 Å². The predicted octanol–water partition coefficient (Wildman–Crippen LogP) is 3.59. The van der Waals surface area contributed by atoms with E-state index in [1.54, 1.807) is 18.4 Å². The van der Waals surface area contributed by atoms with E-state index in [0.717, 1.165) is 38.7 Å². The van der Waals surface area contributed by atoms with Crippen molar-refractivity contribution in [3.05, 3.63) is 74.0 Å². The minimum absolute atomic E-state index is 0.295. The number of hydrogen-bond donors (Lipinski definition) is 0. The highest BCUT2D eigenvalue weighted by Gasteiger charge is 2.14. The predicted molar refractivity (Wildman–Crippen MR) is 113 cm³/mol. The summed E-state index contributed by atoms with van der Waals surface area (Å²) >= 11 is 1.64. The van der Waals surface area contributed by atoms with Gasteiger partial charge in [0, 0.05) is 23.6 Å². The van der Waals surface area contributed by atoms with Gasteiger partial charge in [-0.25, -0.2) is 9.78 Å². The van der Waals surface area contributed by atoms with Crippen LogP contribution in [-0.4, -0.2) is 24.8 Å². The lowest BCUT2D eigenvalue weighted by molar-refractivity contribution is 0.302. The van der Waals surface area contributed by atoms with Crippen molar-refractivity contribution in [2.24, 2.45) is 7.05 Å². The van der Waals surface area contributed by atoms with Crippen LogP contribution >= 0.6 is 11.3 Å². The average Bonchev–Trinajstić information content (AvgIpc) is 3.27. The second-order valence-electron chi connectivity index (χ2n) is 6.89. The van der Waals surface area contributed by atoms with Gasteiger partial charge in [-0.1, -0.05) is 12.1 Å². The minimum Gasteiger partial charge on any atom is -0.489 e. The first-order valence-corrected chi connectivity index (χ1v) is 10.1. The molecule has 0 N–H and O–H groups in total. The van der Waals surface area contributed by atoms with Crippen molar-refractivity contribution in [3.63, 3.8) is 0 Å². The van der Waals surface area contributed by atoms with E-state index in [-0.39, 0.29) is 5.69 Å². The molecule has 0 unspecified atom stereocenters. The Morgan fingerprint density at radius 2 is 1.90 bits per heavy atom. The molecule has 7 nitrogen and oxygen atoms in total. The van der Waals surface area contributed by atoms with Gasteiger partial charge in [-0.3, -0.25) is 0 Å². The van der Waals surface area contributed by atoms with Crippen molar-refractivity contribution in [3.8, 4) is 22.7 Å². The fourth-order valence-corrected chi connectivity index (χ4v) is 3.78. The second-order valence-corrected chi connectivity index (χ2v) is 7.95. The van der Waals surface area contributed by atoms with Crippen LogP contribution in [-0.2, 0) is 13.7 Å². The lowest BCUT2D eigenvalue weighted by Crippen LogP contribution is -2.23. The number of benzene rings is 2. The normalized spacial score (nSPS) is 11.0. The summed E-state index contributed by atoms with van der Waals surface area (Å²) in [6.07, 6.45) is 0. The molecule has 148 valence electrons.